The van der Waals surface area contributed by atoms with Crippen LogP contribution < -0.4 is 0 Å². The topological polar surface area (TPSA) is 0 Å². The molecule has 0 aliphatic heterocycles. The van der Waals surface area contributed by atoms with Crippen LogP contribution in [0.5, 0.6) is 0 Å². The average molecular weight is 132 g/mol. The van der Waals surface area contributed by atoms with Crippen LogP contribution >= 0.6 is 0 Å². The third kappa shape index (κ3) is 0.756. The zero-order valence-electron chi connectivity index (χ0n) is 6.35. The van der Waals surface area contributed by atoms with Crippen LogP contribution in [0.25, 0.3) is 0 Å². The second-order valence-electron chi connectivity index (χ2n) is 3.07. The molecule has 0 saturated heterocycles. The van der Waals surface area contributed by atoms with E-state index in [4.69, 9.17) is 0 Å². The molecule has 0 heterocycles. The Morgan fingerprint density at radius 1 is 1.20 bits per heavy atom. The molecule has 0 fully saturated rings. The van der Waals surface area contributed by atoms with Crippen LogP contribution in [-0.4, -0.2) is 0 Å². The Balaban J connectivity index is 2.59. The van der Waals surface area contributed by atoms with E-state index in [9.17, 15) is 0 Å². The highest BCUT2D eigenvalue weighted by Gasteiger charge is 2.10. The molecule has 1 aromatic carbocycles. The van der Waals surface area contributed by atoms with Gasteiger partial charge in [-0.1, -0.05) is 18.2 Å². The van der Waals surface area contributed by atoms with Crippen molar-refractivity contribution in [3.63, 3.8) is 0 Å². The molecule has 10 heavy (non-hydrogen) atoms. The van der Waals surface area contributed by atoms with E-state index in [1.165, 1.54) is 24.8 Å². The van der Waals surface area contributed by atoms with Crippen molar-refractivity contribution in [3.05, 3.63) is 34.9 Å². The molecule has 0 heteroatoms. The Morgan fingerprint density at radius 2 is 2.10 bits per heavy atom. The fourth-order valence-electron chi connectivity index (χ4n) is 1.81. The minimum Gasteiger partial charge on any atom is -0.0617 e. The summed E-state index contributed by atoms with van der Waals surface area (Å²) in [5.74, 6) is 0. The molecule has 0 radical (unpaired) electrons. The van der Waals surface area contributed by atoms with Gasteiger partial charge >= 0.3 is 0 Å². The first kappa shape index (κ1) is 5.96. The summed E-state index contributed by atoms with van der Waals surface area (Å²) in [6, 6.07) is 6.64. The summed E-state index contributed by atoms with van der Waals surface area (Å²) in [6.07, 6.45) is 3.97. The summed E-state index contributed by atoms with van der Waals surface area (Å²) in [4.78, 5) is 0. The summed E-state index contributed by atoms with van der Waals surface area (Å²) in [5, 5.41) is 0. The Kier molecular flexibility index (Phi) is 1.26. The van der Waals surface area contributed by atoms with E-state index in [0.717, 1.165) is 0 Å². The molecule has 0 aromatic heterocycles. The number of fused-ring (bicyclic) bond motifs is 1. The third-order valence-corrected chi connectivity index (χ3v) is 2.38. The van der Waals surface area contributed by atoms with Crippen molar-refractivity contribution in [2.75, 3.05) is 0 Å². The molecule has 2 rings (SSSR count). The summed E-state index contributed by atoms with van der Waals surface area (Å²) in [7, 11) is 0. The maximum absolute atomic E-state index is 2.26. The van der Waals surface area contributed by atoms with E-state index in [1.807, 2.05) is 0 Å². The molecule has 0 spiro atoms. The third-order valence-electron chi connectivity index (χ3n) is 2.38. The molecular weight excluding hydrogens is 120 g/mol. The number of aryl methyl sites for hydroxylation is 2. The van der Waals surface area contributed by atoms with Gasteiger partial charge in [0.2, 0.25) is 0 Å². The van der Waals surface area contributed by atoms with Gasteiger partial charge in [-0.2, -0.15) is 0 Å². The van der Waals surface area contributed by atoms with Gasteiger partial charge in [-0.3, -0.25) is 0 Å². The summed E-state index contributed by atoms with van der Waals surface area (Å²) in [6.45, 7) is 2.21. The quantitative estimate of drug-likeness (QED) is 0.508. The molecule has 0 N–H and O–H groups in total. The van der Waals surface area contributed by atoms with E-state index in [2.05, 4.69) is 25.1 Å². The molecular formula is C10H12. The molecule has 1 aliphatic rings. The lowest BCUT2D eigenvalue weighted by molar-refractivity contribution is 0.909. The van der Waals surface area contributed by atoms with E-state index < -0.39 is 0 Å². The van der Waals surface area contributed by atoms with Gasteiger partial charge in [0.05, 0.1) is 0 Å². The van der Waals surface area contributed by atoms with E-state index >= 15 is 0 Å². The molecule has 0 nitrogen and oxygen atoms in total. The predicted molar refractivity (Wildman–Crippen MR) is 43.2 cm³/mol. The molecule has 0 atom stereocenters. The average Bonchev–Trinajstić information content (AvgIpc) is 2.36. The highest BCUT2D eigenvalue weighted by atomic mass is 14.2. The lowest BCUT2D eigenvalue weighted by atomic mass is 10.1. The van der Waals surface area contributed by atoms with E-state index in [1.54, 1.807) is 11.1 Å². The second kappa shape index (κ2) is 2.12. The van der Waals surface area contributed by atoms with Gasteiger partial charge < -0.3 is 0 Å². The van der Waals surface area contributed by atoms with Crippen LogP contribution in [0.4, 0.5) is 0 Å². The van der Waals surface area contributed by atoms with Gasteiger partial charge in [0, 0.05) is 0 Å². The van der Waals surface area contributed by atoms with Crippen LogP contribution in [0.3, 0.4) is 0 Å². The Bertz CT molecular complexity index is 248. The highest BCUT2D eigenvalue weighted by Crippen LogP contribution is 2.23. The van der Waals surface area contributed by atoms with Gasteiger partial charge in [0.25, 0.3) is 0 Å². The molecule has 0 amide bonds. The lowest BCUT2D eigenvalue weighted by Crippen LogP contribution is -1.84. The van der Waals surface area contributed by atoms with E-state index in [-0.39, 0.29) is 0 Å². The second-order valence-corrected chi connectivity index (χ2v) is 3.07. The molecule has 0 unspecified atom stereocenters. The highest BCUT2D eigenvalue weighted by molar-refractivity contribution is 5.37. The Labute approximate surface area is 61.9 Å². The maximum Gasteiger partial charge on any atom is -0.0270 e. The predicted octanol–water partition coefficient (Wildman–Crippen LogP) is 2.48. The van der Waals surface area contributed by atoms with Crippen LogP contribution in [0.2, 0.25) is 0 Å². The summed E-state index contributed by atoms with van der Waals surface area (Å²) < 4.78 is 0. The number of hydrogen-bond acceptors (Lipinski definition) is 0. The standard InChI is InChI=1S/C10H12/c1-8-4-2-5-9-6-3-7-10(8)9/h2,4-5H,3,6-7H2,1H3. The normalized spacial score (nSPS) is 15.3. The van der Waals surface area contributed by atoms with Crippen molar-refractivity contribution in [2.45, 2.75) is 26.2 Å². The molecule has 1 aromatic rings. The Morgan fingerprint density at radius 3 is 2.90 bits per heavy atom. The van der Waals surface area contributed by atoms with Crippen molar-refractivity contribution in [1.29, 1.82) is 0 Å². The van der Waals surface area contributed by atoms with Gasteiger partial charge in [-0.05, 0) is 42.9 Å². The zero-order chi connectivity index (χ0) is 6.97. The smallest absolute Gasteiger partial charge is 0.0270 e. The van der Waals surface area contributed by atoms with Crippen LogP contribution in [0.15, 0.2) is 18.2 Å². The number of hydrogen-bond donors (Lipinski definition) is 0. The first-order valence-electron chi connectivity index (χ1n) is 3.95. The van der Waals surface area contributed by atoms with E-state index in [0.29, 0.717) is 0 Å². The lowest BCUT2D eigenvalue weighted by Gasteiger charge is -2.00. The fourth-order valence-corrected chi connectivity index (χ4v) is 1.81. The minimum atomic E-state index is 1.30. The largest absolute Gasteiger partial charge is 0.0617 e. The van der Waals surface area contributed by atoms with Crippen LogP contribution in [0.1, 0.15) is 23.1 Å². The van der Waals surface area contributed by atoms with Crippen LogP contribution in [0, 0.1) is 6.92 Å². The van der Waals surface area contributed by atoms with Crippen molar-refractivity contribution in [3.8, 4) is 0 Å². The maximum atomic E-state index is 2.26. The SMILES string of the molecule is Cc1cccc2c1CCC2. The Hall–Kier alpha value is -0.780. The molecule has 0 bridgehead atoms. The minimum absolute atomic E-state index is 1.30. The fraction of sp³-hybridized carbons (Fsp3) is 0.400. The van der Waals surface area contributed by atoms with Gasteiger partial charge in [-0.15, -0.1) is 0 Å². The van der Waals surface area contributed by atoms with Crippen molar-refractivity contribution in [1.82, 2.24) is 0 Å². The first-order chi connectivity index (χ1) is 4.88. The van der Waals surface area contributed by atoms with Crippen molar-refractivity contribution < 1.29 is 0 Å². The molecule has 0 saturated carbocycles. The van der Waals surface area contributed by atoms with Crippen molar-refractivity contribution in [2.24, 2.45) is 0 Å². The molecule has 52 valence electrons. The van der Waals surface area contributed by atoms with Crippen LogP contribution in [-0.2, 0) is 12.8 Å². The summed E-state index contributed by atoms with van der Waals surface area (Å²) >= 11 is 0. The number of rotatable bonds is 0. The van der Waals surface area contributed by atoms with Gasteiger partial charge in [0.15, 0.2) is 0 Å². The van der Waals surface area contributed by atoms with Gasteiger partial charge in [0.1, 0.15) is 0 Å². The molecule has 1 aliphatic carbocycles. The number of benzene rings is 1. The zero-order valence-corrected chi connectivity index (χ0v) is 6.35. The first-order valence-corrected chi connectivity index (χ1v) is 3.95. The summed E-state index contributed by atoms with van der Waals surface area (Å²) in [5.41, 5.74) is 4.68. The monoisotopic (exact) mass is 132 g/mol. The van der Waals surface area contributed by atoms with Gasteiger partial charge in [-0.25, -0.2) is 0 Å². The van der Waals surface area contributed by atoms with Crippen molar-refractivity contribution >= 4 is 0 Å².